The van der Waals surface area contributed by atoms with Crippen LogP contribution in [0.4, 0.5) is 0 Å². The van der Waals surface area contributed by atoms with Crippen molar-refractivity contribution in [3.63, 3.8) is 0 Å². The maximum atomic E-state index is 12.0. The molecule has 0 atom stereocenters. The van der Waals surface area contributed by atoms with Crippen LogP contribution in [0.5, 0.6) is 5.75 Å². The third-order valence-corrected chi connectivity index (χ3v) is 4.18. The van der Waals surface area contributed by atoms with E-state index in [1.807, 2.05) is 24.3 Å². The second kappa shape index (κ2) is 6.42. The van der Waals surface area contributed by atoms with Gasteiger partial charge in [0.15, 0.2) is 0 Å². The summed E-state index contributed by atoms with van der Waals surface area (Å²) in [6.45, 7) is 0.798. The van der Waals surface area contributed by atoms with Crippen molar-refractivity contribution in [2.75, 3.05) is 19.0 Å². The van der Waals surface area contributed by atoms with Crippen LogP contribution in [0.15, 0.2) is 24.3 Å². The van der Waals surface area contributed by atoms with Crippen LogP contribution >= 0.6 is 15.9 Å². The molecule has 1 amide bonds. The van der Waals surface area contributed by atoms with Crippen molar-refractivity contribution >= 4 is 21.8 Å². The Morgan fingerprint density at radius 2 is 2.16 bits per heavy atom. The van der Waals surface area contributed by atoms with Gasteiger partial charge in [-0.25, -0.2) is 0 Å². The molecule has 0 radical (unpaired) electrons. The summed E-state index contributed by atoms with van der Waals surface area (Å²) >= 11 is 3.48. The Hall–Kier alpha value is -1.03. The molecular formula is C15H20BrNO2. The van der Waals surface area contributed by atoms with Crippen molar-refractivity contribution in [3.05, 3.63) is 29.8 Å². The molecule has 3 nitrogen and oxygen atoms in total. The first-order valence-corrected chi connectivity index (χ1v) is 7.76. The van der Waals surface area contributed by atoms with E-state index in [1.165, 1.54) is 12.8 Å². The second-order valence-electron chi connectivity index (χ2n) is 5.20. The van der Waals surface area contributed by atoms with Crippen molar-refractivity contribution in [1.29, 1.82) is 0 Å². The van der Waals surface area contributed by atoms with Gasteiger partial charge in [0.2, 0.25) is 5.91 Å². The Balaban J connectivity index is 1.84. The van der Waals surface area contributed by atoms with E-state index in [0.29, 0.717) is 11.8 Å². The summed E-state index contributed by atoms with van der Waals surface area (Å²) in [4.78, 5) is 12.0. The number of hydrogen-bond acceptors (Lipinski definition) is 2. The number of rotatable bonds is 7. The normalized spacial score (nSPS) is 15.9. The fraction of sp³-hybridized carbons (Fsp3) is 0.533. The smallest absolute Gasteiger partial charge is 0.224 e. The zero-order valence-corrected chi connectivity index (χ0v) is 12.8. The number of nitrogens with one attached hydrogen (secondary N) is 1. The Kier molecular flexibility index (Phi) is 4.86. The van der Waals surface area contributed by atoms with Crippen LogP contribution in [0.25, 0.3) is 0 Å². The van der Waals surface area contributed by atoms with Crippen LogP contribution in [0.1, 0.15) is 24.8 Å². The summed E-state index contributed by atoms with van der Waals surface area (Å²) in [5, 5.41) is 4.06. The molecule has 1 aliphatic carbocycles. The number of amides is 1. The third kappa shape index (κ3) is 3.96. The summed E-state index contributed by atoms with van der Waals surface area (Å²) in [7, 11) is 1.63. The van der Waals surface area contributed by atoms with Gasteiger partial charge in [-0.3, -0.25) is 4.79 Å². The lowest BCUT2D eigenvalue weighted by atomic mass is 10.0. The molecule has 1 aliphatic rings. The fourth-order valence-electron chi connectivity index (χ4n) is 2.26. The highest BCUT2D eigenvalue weighted by molar-refractivity contribution is 9.09. The lowest BCUT2D eigenvalue weighted by Crippen LogP contribution is -2.31. The maximum Gasteiger partial charge on any atom is 0.224 e. The molecule has 0 unspecified atom stereocenters. The van der Waals surface area contributed by atoms with E-state index < -0.39 is 0 Å². The summed E-state index contributed by atoms with van der Waals surface area (Å²) in [5.41, 5.74) is 1.30. The quantitative estimate of drug-likeness (QED) is 0.783. The highest BCUT2D eigenvalue weighted by atomic mass is 79.9. The fourth-order valence-corrected chi connectivity index (χ4v) is 3.10. The summed E-state index contributed by atoms with van der Waals surface area (Å²) < 4.78 is 5.26. The second-order valence-corrected chi connectivity index (χ2v) is 6.00. The van der Waals surface area contributed by atoms with Crippen LogP contribution in [-0.2, 0) is 11.2 Å². The predicted molar refractivity (Wildman–Crippen MR) is 79.8 cm³/mol. The average molecular weight is 326 g/mol. The molecule has 0 aliphatic heterocycles. The minimum absolute atomic E-state index is 0.0744. The Bertz CT molecular complexity index is 444. The van der Waals surface area contributed by atoms with Crippen molar-refractivity contribution in [2.24, 2.45) is 5.41 Å². The van der Waals surface area contributed by atoms with E-state index in [-0.39, 0.29) is 5.91 Å². The van der Waals surface area contributed by atoms with E-state index in [4.69, 9.17) is 4.74 Å². The molecule has 0 spiro atoms. The zero-order chi connectivity index (χ0) is 13.7. The number of para-hydroxylation sites is 1. The van der Waals surface area contributed by atoms with Gasteiger partial charge in [-0.2, -0.15) is 0 Å². The van der Waals surface area contributed by atoms with E-state index in [9.17, 15) is 4.79 Å². The van der Waals surface area contributed by atoms with Gasteiger partial charge in [0.05, 0.1) is 13.5 Å². The predicted octanol–water partition coefficient (Wildman–Crippen LogP) is 2.92. The van der Waals surface area contributed by atoms with E-state index in [1.54, 1.807) is 7.11 Å². The molecular weight excluding hydrogens is 306 g/mol. The number of hydrogen-bond donors (Lipinski definition) is 1. The van der Waals surface area contributed by atoms with Crippen LogP contribution < -0.4 is 10.1 Å². The van der Waals surface area contributed by atoms with Crippen molar-refractivity contribution in [1.82, 2.24) is 5.32 Å². The van der Waals surface area contributed by atoms with Gasteiger partial charge in [-0.1, -0.05) is 34.1 Å². The molecule has 0 bridgehead atoms. The third-order valence-electron chi connectivity index (χ3n) is 3.79. The average Bonchev–Trinajstić information content (AvgIpc) is 3.18. The SMILES string of the molecule is COc1ccccc1CC(=O)NCC1(CCBr)CC1. The van der Waals surface area contributed by atoms with E-state index >= 15 is 0 Å². The molecule has 2 rings (SSSR count). The summed E-state index contributed by atoms with van der Waals surface area (Å²) in [6.07, 6.45) is 3.98. The van der Waals surface area contributed by atoms with Crippen LogP contribution in [0, 0.1) is 5.41 Å². The topological polar surface area (TPSA) is 38.3 Å². The lowest BCUT2D eigenvalue weighted by molar-refractivity contribution is -0.120. The van der Waals surface area contributed by atoms with Gasteiger partial charge >= 0.3 is 0 Å². The maximum absolute atomic E-state index is 12.0. The lowest BCUT2D eigenvalue weighted by Gasteiger charge is -2.15. The van der Waals surface area contributed by atoms with Gasteiger partial charge in [0, 0.05) is 17.4 Å². The molecule has 0 heterocycles. The molecule has 4 heteroatoms. The molecule has 1 saturated carbocycles. The molecule has 1 aromatic rings. The Morgan fingerprint density at radius 3 is 2.79 bits per heavy atom. The highest BCUT2D eigenvalue weighted by Gasteiger charge is 2.41. The van der Waals surface area contributed by atoms with Gasteiger partial charge in [0.1, 0.15) is 5.75 Å². The minimum atomic E-state index is 0.0744. The number of benzene rings is 1. The van der Waals surface area contributed by atoms with Crippen LogP contribution in [0.3, 0.4) is 0 Å². The van der Waals surface area contributed by atoms with Gasteiger partial charge in [-0.15, -0.1) is 0 Å². The number of ether oxygens (including phenoxy) is 1. The molecule has 19 heavy (non-hydrogen) atoms. The van der Waals surface area contributed by atoms with Crippen molar-refractivity contribution in [3.8, 4) is 5.75 Å². The van der Waals surface area contributed by atoms with Gasteiger partial charge in [0.25, 0.3) is 0 Å². The molecule has 104 valence electrons. The Labute approximate surface area is 122 Å². The molecule has 1 N–H and O–H groups in total. The van der Waals surface area contributed by atoms with Crippen molar-refractivity contribution < 1.29 is 9.53 Å². The standard InChI is InChI=1S/C15H20BrNO2/c1-19-13-5-3-2-4-12(13)10-14(18)17-11-15(6-7-15)8-9-16/h2-5H,6-11H2,1H3,(H,17,18). The minimum Gasteiger partial charge on any atom is -0.496 e. The van der Waals surface area contributed by atoms with Crippen LogP contribution in [-0.4, -0.2) is 24.9 Å². The summed E-state index contributed by atoms with van der Waals surface area (Å²) in [5.74, 6) is 0.851. The monoisotopic (exact) mass is 325 g/mol. The molecule has 0 aromatic heterocycles. The largest absolute Gasteiger partial charge is 0.496 e. The molecule has 0 saturated heterocycles. The number of methoxy groups -OCH3 is 1. The Morgan fingerprint density at radius 1 is 1.42 bits per heavy atom. The molecule has 1 aromatic carbocycles. The van der Waals surface area contributed by atoms with E-state index in [2.05, 4.69) is 21.2 Å². The van der Waals surface area contributed by atoms with Gasteiger partial charge in [-0.05, 0) is 30.7 Å². The van der Waals surface area contributed by atoms with Gasteiger partial charge < -0.3 is 10.1 Å². The number of alkyl halides is 1. The number of halogens is 1. The van der Waals surface area contributed by atoms with E-state index in [0.717, 1.165) is 29.6 Å². The first-order valence-electron chi connectivity index (χ1n) is 6.64. The highest BCUT2D eigenvalue weighted by Crippen LogP contribution is 2.48. The van der Waals surface area contributed by atoms with Crippen molar-refractivity contribution in [2.45, 2.75) is 25.7 Å². The van der Waals surface area contributed by atoms with Crippen LogP contribution in [0.2, 0.25) is 0 Å². The first-order chi connectivity index (χ1) is 9.19. The number of carbonyl (C=O) groups is 1. The summed E-state index contributed by atoms with van der Waals surface area (Å²) in [6, 6.07) is 7.66. The molecule has 1 fully saturated rings. The first kappa shape index (κ1) is 14.4. The number of carbonyl (C=O) groups excluding carboxylic acids is 1. The zero-order valence-electron chi connectivity index (χ0n) is 11.2.